The van der Waals surface area contributed by atoms with Gasteiger partial charge in [-0.2, -0.15) is 0 Å². The van der Waals surface area contributed by atoms with Crippen LogP contribution in [-0.2, 0) is 6.42 Å². The SMILES string of the molecule is Cc1ccccc1C[C@H](O)c1ccccc1O. The van der Waals surface area contributed by atoms with Crippen molar-refractivity contribution in [3.63, 3.8) is 0 Å². The van der Waals surface area contributed by atoms with Gasteiger partial charge in [-0.15, -0.1) is 0 Å². The monoisotopic (exact) mass is 228 g/mol. The molecular weight excluding hydrogens is 212 g/mol. The predicted molar refractivity (Wildman–Crippen MR) is 67.9 cm³/mol. The van der Waals surface area contributed by atoms with Crippen LogP contribution in [0.15, 0.2) is 48.5 Å². The number of aliphatic hydroxyl groups is 1. The average molecular weight is 228 g/mol. The van der Waals surface area contributed by atoms with Gasteiger partial charge in [0.1, 0.15) is 5.75 Å². The Hall–Kier alpha value is -1.80. The number of para-hydroxylation sites is 1. The second-order valence-corrected chi connectivity index (χ2v) is 4.21. The molecule has 0 aliphatic heterocycles. The van der Waals surface area contributed by atoms with Gasteiger partial charge < -0.3 is 10.2 Å². The lowest BCUT2D eigenvalue weighted by molar-refractivity contribution is 0.174. The quantitative estimate of drug-likeness (QED) is 0.847. The van der Waals surface area contributed by atoms with Crippen molar-refractivity contribution in [1.82, 2.24) is 0 Å². The van der Waals surface area contributed by atoms with E-state index in [0.717, 1.165) is 11.1 Å². The van der Waals surface area contributed by atoms with Crippen molar-refractivity contribution >= 4 is 0 Å². The summed E-state index contributed by atoms with van der Waals surface area (Å²) in [4.78, 5) is 0. The number of hydrogen-bond acceptors (Lipinski definition) is 2. The van der Waals surface area contributed by atoms with Gasteiger partial charge in [-0.25, -0.2) is 0 Å². The minimum absolute atomic E-state index is 0.147. The molecule has 0 heterocycles. The number of phenolic OH excluding ortho intramolecular Hbond substituents is 1. The van der Waals surface area contributed by atoms with Gasteiger partial charge in [0, 0.05) is 12.0 Å². The lowest BCUT2D eigenvalue weighted by Crippen LogP contribution is -2.03. The molecule has 2 aromatic rings. The normalized spacial score (nSPS) is 12.4. The van der Waals surface area contributed by atoms with Gasteiger partial charge in [-0.05, 0) is 24.1 Å². The number of aromatic hydroxyl groups is 1. The first-order chi connectivity index (χ1) is 8.18. The third-order valence-electron chi connectivity index (χ3n) is 2.97. The molecule has 0 aliphatic carbocycles. The van der Waals surface area contributed by atoms with Gasteiger partial charge in [0.15, 0.2) is 0 Å². The van der Waals surface area contributed by atoms with Gasteiger partial charge in [0.2, 0.25) is 0 Å². The molecule has 0 aliphatic rings. The summed E-state index contributed by atoms with van der Waals surface area (Å²) in [6.45, 7) is 2.02. The molecule has 0 unspecified atom stereocenters. The van der Waals surface area contributed by atoms with E-state index in [1.165, 1.54) is 0 Å². The zero-order valence-corrected chi connectivity index (χ0v) is 9.80. The Morgan fingerprint density at radius 3 is 2.35 bits per heavy atom. The summed E-state index contributed by atoms with van der Waals surface area (Å²) >= 11 is 0. The fourth-order valence-electron chi connectivity index (χ4n) is 1.93. The van der Waals surface area contributed by atoms with Crippen molar-refractivity contribution in [2.45, 2.75) is 19.4 Å². The number of aliphatic hydroxyl groups excluding tert-OH is 1. The lowest BCUT2D eigenvalue weighted by Gasteiger charge is -2.14. The first-order valence-corrected chi connectivity index (χ1v) is 5.69. The predicted octanol–water partition coefficient (Wildman–Crippen LogP) is 2.98. The Morgan fingerprint density at radius 1 is 1.00 bits per heavy atom. The minimum Gasteiger partial charge on any atom is -0.508 e. The van der Waals surface area contributed by atoms with Crippen LogP contribution < -0.4 is 0 Å². The smallest absolute Gasteiger partial charge is 0.121 e. The summed E-state index contributed by atoms with van der Waals surface area (Å²) in [6, 6.07) is 14.9. The number of rotatable bonds is 3. The fraction of sp³-hybridized carbons (Fsp3) is 0.200. The molecule has 0 fully saturated rings. The third-order valence-corrected chi connectivity index (χ3v) is 2.97. The first-order valence-electron chi connectivity index (χ1n) is 5.69. The van der Waals surface area contributed by atoms with Crippen molar-refractivity contribution in [1.29, 1.82) is 0 Å². The van der Waals surface area contributed by atoms with Crippen molar-refractivity contribution in [3.8, 4) is 5.75 Å². The summed E-state index contributed by atoms with van der Waals surface area (Å²) in [5.74, 6) is 0.147. The molecule has 0 bridgehead atoms. The van der Waals surface area contributed by atoms with Crippen LogP contribution in [0.4, 0.5) is 0 Å². The first kappa shape index (κ1) is 11.7. The van der Waals surface area contributed by atoms with E-state index in [-0.39, 0.29) is 5.75 Å². The molecule has 2 heteroatoms. The van der Waals surface area contributed by atoms with Gasteiger partial charge in [0.05, 0.1) is 6.10 Å². The number of phenols is 1. The summed E-state index contributed by atoms with van der Waals surface area (Å²) < 4.78 is 0. The highest BCUT2D eigenvalue weighted by atomic mass is 16.3. The number of aryl methyl sites for hydroxylation is 1. The zero-order valence-electron chi connectivity index (χ0n) is 9.80. The van der Waals surface area contributed by atoms with Crippen molar-refractivity contribution in [2.24, 2.45) is 0 Å². The molecule has 88 valence electrons. The number of benzene rings is 2. The van der Waals surface area contributed by atoms with Crippen molar-refractivity contribution in [2.75, 3.05) is 0 Å². The van der Waals surface area contributed by atoms with Crippen LogP contribution in [-0.4, -0.2) is 10.2 Å². The van der Waals surface area contributed by atoms with E-state index >= 15 is 0 Å². The molecule has 0 aromatic heterocycles. The van der Waals surface area contributed by atoms with Gasteiger partial charge in [-0.1, -0.05) is 42.5 Å². The Morgan fingerprint density at radius 2 is 1.65 bits per heavy atom. The summed E-state index contributed by atoms with van der Waals surface area (Å²) in [7, 11) is 0. The Labute approximate surface area is 101 Å². The van der Waals surface area contributed by atoms with E-state index in [1.54, 1.807) is 18.2 Å². The number of hydrogen-bond donors (Lipinski definition) is 2. The van der Waals surface area contributed by atoms with Crippen LogP contribution in [0.5, 0.6) is 5.75 Å². The highest BCUT2D eigenvalue weighted by Crippen LogP contribution is 2.26. The maximum absolute atomic E-state index is 10.1. The highest BCUT2D eigenvalue weighted by Gasteiger charge is 2.13. The molecule has 1 atom stereocenters. The van der Waals surface area contributed by atoms with Crippen LogP contribution in [0.25, 0.3) is 0 Å². The molecule has 0 radical (unpaired) electrons. The van der Waals surface area contributed by atoms with Crippen LogP contribution in [0, 0.1) is 6.92 Å². The molecule has 2 rings (SSSR count). The molecule has 2 N–H and O–H groups in total. The molecular formula is C15H16O2. The Bertz CT molecular complexity index is 506. The highest BCUT2D eigenvalue weighted by molar-refractivity contribution is 5.35. The van der Waals surface area contributed by atoms with E-state index in [1.807, 2.05) is 37.3 Å². The minimum atomic E-state index is -0.669. The zero-order chi connectivity index (χ0) is 12.3. The topological polar surface area (TPSA) is 40.5 Å². The standard InChI is InChI=1S/C15H16O2/c1-11-6-2-3-7-12(11)10-15(17)13-8-4-5-9-14(13)16/h2-9,15-17H,10H2,1H3/t15-/m0/s1. The van der Waals surface area contributed by atoms with E-state index in [2.05, 4.69) is 0 Å². The Kier molecular flexibility index (Phi) is 3.45. The largest absolute Gasteiger partial charge is 0.508 e. The molecule has 0 saturated heterocycles. The second kappa shape index (κ2) is 5.02. The summed E-state index contributed by atoms with van der Waals surface area (Å²) in [6.07, 6.45) is -0.151. The van der Waals surface area contributed by atoms with Crippen LogP contribution >= 0.6 is 0 Å². The van der Waals surface area contributed by atoms with Crippen LogP contribution in [0.3, 0.4) is 0 Å². The van der Waals surface area contributed by atoms with Gasteiger partial charge in [-0.3, -0.25) is 0 Å². The van der Waals surface area contributed by atoms with E-state index in [0.29, 0.717) is 12.0 Å². The fourth-order valence-corrected chi connectivity index (χ4v) is 1.93. The van der Waals surface area contributed by atoms with E-state index in [9.17, 15) is 10.2 Å². The van der Waals surface area contributed by atoms with Crippen LogP contribution in [0.1, 0.15) is 22.8 Å². The molecule has 0 amide bonds. The summed E-state index contributed by atoms with van der Waals surface area (Å²) in [5.41, 5.74) is 2.83. The van der Waals surface area contributed by atoms with Crippen molar-refractivity contribution < 1.29 is 10.2 Å². The molecule has 0 saturated carbocycles. The van der Waals surface area contributed by atoms with Gasteiger partial charge in [0.25, 0.3) is 0 Å². The Balaban J connectivity index is 2.20. The second-order valence-electron chi connectivity index (χ2n) is 4.21. The molecule has 17 heavy (non-hydrogen) atoms. The summed E-state index contributed by atoms with van der Waals surface area (Å²) in [5, 5.41) is 19.8. The van der Waals surface area contributed by atoms with Crippen LogP contribution in [0.2, 0.25) is 0 Å². The molecule has 2 nitrogen and oxygen atoms in total. The molecule has 0 spiro atoms. The van der Waals surface area contributed by atoms with E-state index in [4.69, 9.17) is 0 Å². The average Bonchev–Trinajstić information content (AvgIpc) is 2.32. The third kappa shape index (κ3) is 2.66. The maximum atomic E-state index is 10.1. The lowest BCUT2D eigenvalue weighted by atomic mass is 9.98. The maximum Gasteiger partial charge on any atom is 0.121 e. The van der Waals surface area contributed by atoms with Gasteiger partial charge >= 0.3 is 0 Å². The van der Waals surface area contributed by atoms with Crippen molar-refractivity contribution in [3.05, 3.63) is 65.2 Å². The van der Waals surface area contributed by atoms with E-state index < -0.39 is 6.10 Å². The molecule has 2 aromatic carbocycles.